The number of nitrogens with zero attached hydrogens (tertiary/aromatic N) is 3. The number of fused-ring (bicyclic) bond motifs is 1. The first kappa shape index (κ1) is 14.1. The van der Waals surface area contributed by atoms with Gasteiger partial charge in [0, 0.05) is 0 Å². The van der Waals surface area contributed by atoms with Crippen LogP contribution in [0.2, 0.25) is 18.1 Å². The van der Waals surface area contributed by atoms with Crippen molar-refractivity contribution in [3.63, 3.8) is 0 Å². The summed E-state index contributed by atoms with van der Waals surface area (Å²) in [6.07, 6.45) is 3.12. The standard InChI is InChI=1S/C13H22N4OSi/c1-9(18-19(5,6)13(2,3)4)10-11-12(16-7-14-10)17-8-15-11/h7-9H,1-6H3,(H,14,15,16,17). The summed E-state index contributed by atoms with van der Waals surface area (Å²) >= 11 is 0. The Morgan fingerprint density at radius 1 is 1.21 bits per heavy atom. The highest BCUT2D eigenvalue weighted by Crippen LogP contribution is 2.39. The molecular weight excluding hydrogens is 256 g/mol. The maximum absolute atomic E-state index is 6.37. The largest absolute Gasteiger partial charge is 0.409 e. The molecule has 2 heterocycles. The molecule has 5 nitrogen and oxygen atoms in total. The molecule has 0 aliphatic heterocycles. The fourth-order valence-electron chi connectivity index (χ4n) is 1.77. The maximum atomic E-state index is 6.37. The molecule has 2 aromatic heterocycles. The Morgan fingerprint density at radius 3 is 2.53 bits per heavy atom. The number of nitrogens with one attached hydrogen (secondary N) is 1. The molecule has 2 rings (SSSR count). The summed E-state index contributed by atoms with van der Waals surface area (Å²) in [4.78, 5) is 15.7. The Hall–Kier alpha value is -1.27. The van der Waals surface area contributed by atoms with Crippen LogP contribution in [-0.4, -0.2) is 28.3 Å². The Bertz CT molecular complexity index is 573. The molecule has 0 fully saturated rings. The SMILES string of the molecule is CC(O[Si](C)(C)C(C)(C)C)c1ncnc2nc[nH]c12. The summed E-state index contributed by atoms with van der Waals surface area (Å²) in [5.74, 6) is 0. The minimum Gasteiger partial charge on any atom is -0.409 e. The topological polar surface area (TPSA) is 63.7 Å². The van der Waals surface area contributed by atoms with Crippen molar-refractivity contribution in [1.82, 2.24) is 19.9 Å². The quantitative estimate of drug-likeness (QED) is 0.874. The van der Waals surface area contributed by atoms with Gasteiger partial charge in [0.05, 0.1) is 18.1 Å². The number of H-pyrrole nitrogens is 1. The lowest BCUT2D eigenvalue weighted by Crippen LogP contribution is -2.41. The van der Waals surface area contributed by atoms with E-state index >= 15 is 0 Å². The highest BCUT2D eigenvalue weighted by atomic mass is 28.4. The van der Waals surface area contributed by atoms with Gasteiger partial charge in [-0.15, -0.1) is 0 Å². The van der Waals surface area contributed by atoms with E-state index < -0.39 is 8.32 Å². The van der Waals surface area contributed by atoms with Crippen molar-refractivity contribution < 1.29 is 4.43 Å². The summed E-state index contributed by atoms with van der Waals surface area (Å²) in [5, 5.41) is 0.182. The van der Waals surface area contributed by atoms with E-state index in [2.05, 4.69) is 53.8 Å². The molecule has 0 aromatic carbocycles. The Morgan fingerprint density at radius 2 is 1.89 bits per heavy atom. The van der Waals surface area contributed by atoms with E-state index in [9.17, 15) is 0 Å². The second kappa shape index (κ2) is 4.68. The van der Waals surface area contributed by atoms with Crippen LogP contribution in [0.4, 0.5) is 0 Å². The first-order valence-electron chi connectivity index (χ1n) is 6.54. The summed E-state index contributed by atoms with van der Waals surface area (Å²) in [7, 11) is -1.81. The lowest BCUT2D eigenvalue weighted by atomic mass is 10.2. The molecule has 0 radical (unpaired) electrons. The van der Waals surface area contributed by atoms with Gasteiger partial charge in [-0.1, -0.05) is 20.8 Å². The number of hydrogen-bond donors (Lipinski definition) is 1. The van der Waals surface area contributed by atoms with Gasteiger partial charge in [-0.3, -0.25) is 0 Å². The van der Waals surface area contributed by atoms with E-state index in [4.69, 9.17) is 4.43 Å². The highest BCUT2D eigenvalue weighted by molar-refractivity contribution is 6.74. The smallest absolute Gasteiger partial charge is 0.192 e. The van der Waals surface area contributed by atoms with Crippen LogP contribution in [0.25, 0.3) is 11.2 Å². The highest BCUT2D eigenvalue weighted by Gasteiger charge is 2.39. The normalized spacial score (nSPS) is 14.8. The van der Waals surface area contributed by atoms with E-state index in [1.54, 1.807) is 12.7 Å². The van der Waals surface area contributed by atoms with Crippen LogP contribution in [0.5, 0.6) is 0 Å². The molecule has 0 aliphatic rings. The lowest BCUT2D eigenvalue weighted by Gasteiger charge is -2.38. The van der Waals surface area contributed by atoms with Crippen LogP contribution in [0.15, 0.2) is 12.7 Å². The zero-order valence-electron chi connectivity index (χ0n) is 12.5. The van der Waals surface area contributed by atoms with Gasteiger partial charge in [-0.2, -0.15) is 0 Å². The van der Waals surface area contributed by atoms with Crippen LogP contribution in [0.1, 0.15) is 39.5 Å². The van der Waals surface area contributed by atoms with Crippen molar-refractivity contribution in [2.45, 2.75) is 51.9 Å². The molecule has 1 unspecified atom stereocenters. The Balaban J connectivity index is 2.30. The average Bonchev–Trinajstić information content (AvgIpc) is 2.73. The molecule has 1 N–H and O–H groups in total. The predicted molar refractivity (Wildman–Crippen MR) is 78.4 cm³/mol. The molecule has 104 valence electrons. The number of aromatic amines is 1. The van der Waals surface area contributed by atoms with Gasteiger partial charge in [0.2, 0.25) is 0 Å². The van der Waals surface area contributed by atoms with Crippen LogP contribution in [0.3, 0.4) is 0 Å². The molecule has 0 bridgehead atoms. The van der Waals surface area contributed by atoms with E-state index in [1.807, 2.05) is 6.92 Å². The van der Waals surface area contributed by atoms with E-state index in [0.717, 1.165) is 11.2 Å². The molecular formula is C13H22N4OSi. The van der Waals surface area contributed by atoms with Gasteiger partial charge in [-0.25, -0.2) is 15.0 Å². The second-order valence-electron chi connectivity index (χ2n) is 6.38. The lowest BCUT2D eigenvalue weighted by molar-refractivity contribution is 0.199. The van der Waals surface area contributed by atoms with Crippen molar-refractivity contribution in [2.24, 2.45) is 0 Å². The summed E-state index contributed by atoms with van der Waals surface area (Å²) in [6.45, 7) is 13.2. The first-order valence-corrected chi connectivity index (χ1v) is 9.45. The van der Waals surface area contributed by atoms with Gasteiger partial charge in [0.1, 0.15) is 11.8 Å². The summed E-state index contributed by atoms with van der Waals surface area (Å²) < 4.78 is 6.37. The van der Waals surface area contributed by atoms with Crippen LogP contribution < -0.4 is 0 Å². The average molecular weight is 278 g/mol. The third-order valence-electron chi connectivity index (χ3n) is 3.91. The molecule has 0 spiro atoms. The minimum absolute atomic E-state index is 0.0631. The first-order chi connectivity index (χ1) is 8.72. The molecule has 0 aliphatic carbocycles. The van der Waals surface area contributed by atoms with Crippen molar-refractivity contribution in [1.29, 1.82) is 0 Å². The van der Waals surface area contributed by atoms with E-state index in [1.165, 1.54) is 0 Å². The van der Waals surface area contributed by atoms with Gasteiger partial charge < -0.3 is 9.41 Å². The van der Waals surface area contributed by atoms with Gasteiger partial charge in [0.25, 0.3) is 0 Å². The van der Waals surface area contributed by atoms with Crippen LogP contribution in [0, 0.1) is 0 Å². The van der Waals surface area contributed by atoms with Crippen molar-refractivity contribution in [3.05, 3.63) is 18.3 Å². The van der Waals surface area contributed by atoms with E-state index in [0.29, 0.717) is 5.65 Å². The monoisotopic (exact) mass is 278 g/mol. The predicted octanol–water partition coefficient (Wildman–Crippen LogP) is 3.44. The molecule has 0 amide bonds. The van der Waals surface area contributed by atoms with Crippen LogP contribution >= 0.6 is 0 Å². The van der Waals surface area contributed by atoms with Crippen LogP contribution in [-0.2, 0) is 4.43 Å². The number of hydrogen-bond acceptors (Lipinski definition) is 4. The van der Waals surface area contributed by atoms with Gasteiger partial charge in [-0.05, 0) is 25.1 Å². The Kier molecular flexibility index (Phi) is 3.48. The zero-order valence-corrected chi connectivity index (χ0v) is 13.5. The molecule has 0 saturated heterocycles. The van der Waals surface area contributed by atoms with Gasteiger partial charge >= 0.3 is 0 Å². The van der Waals surface area contributed by atoms with Crippen molar-refractivity contribution >= 4 is 19.5 Å². The number of aromatic nitrogens is 4. The molecule has 0 saturated carbocycles. The zero-order chi connectivity index (χ0) is 14.3. The van der Waals surface area contributed by atoms with Crippen molar-refractivity contribution in [2.75, 3.05) is 0 Å². The fourth-order valence-corrected chi connectivity index (χ4v) is 3.12. The van der Waals surface area contributed by atoms with Gasteiger partial charge in [0.15, 0.2) is 14.0 Å². The van der Waals surface area contributed by atoms with E-state index in [-0.39, 0.29) is 11.1 Å². The number of rotatable bonds is 3. The van der Waals surface area contributed by atoms with Crippen molar-refractivity contribution in [3.8, 4) is 0 Å². The molecule has 19 heavy (non-hydrogen) atoms. The third-order valence-corrected chi connectivity index (χ3v) is 8.47. The number of imidazole rings is 1. The molecule has 6 heteroatoms. The summed E-state index contributed by atoms with van der Waals surface area (Å²) in [6, 6.07) is 0. The second-order valence-corrected chi connectivity index (χ2v) is 11.1. The third kappa shape index (κ3) is 2.69. The summed E-state index contributed by atoms with van der Waals surface area (Å²) in [5.41, 5.74) is 2.44. The maximum Gasteiger partial charge on any atom is 0.192 e. The molecule has 1 atom stereocenters. The Labute approximate surface area is 115 Å². The minimum atomic E-state index is -1.81. The molecule has 2 aromatic rings. The fraction of sp³-hybridized carbons (Fsp3) is 0.615.